The Kier molecular flexibility index (Phi) is 3.81. The van der Waals surface area contributed by atoms with Crippen molar-refractivity contribution in [1.82, 2.24) is 19.7 Å². The van der Waals surface area contributed by atoms with Gasteiger partial charge in [-0.1, -0.05) is 6.92 Å². The highest BCUT2D eigenvalue weighted by molar-refractivity contribution is 8.13. The largest absolute Gasteiger partial charge is 0.297 e. The summed E-state index contributed by atoms with van der Waals surface area (Å²) in [7, 11) is 1.25. The van der Waals surface area contributed by atoms with E-state index in [1.165, 1.54) is 16.8 Å². The van der Waals surface area contributed by atoms with E-state index in [0.29, 0.717) is 13.0 Å². The van der Waals surface area contributed by atoms with Crippen molar-refractivity contribution in [2.24, 2.45) is 0 Å². The molecule has 0 spiro atoms. The lowest BCUT2D eigenvalue weighted by molar-refractivity contribution is 0.567. The predicted octanol–water partition coefficient (Wildman–Crippen LogP) is 1.82. The van der Waals surface area contributed by atoms with E-state index in [1.807, 2.05) is 6.92 Å². The Morgan fingerprint density at radius 1 is 1.42 bits per heavy atom. The van der Waals surface area contributed by atoms with E-state index in [9.17, 15) is 12.8 Å². The van der Waals surface area contributed by atoms with Crippen molar-refractivity contribution >= 4 is 19.7 Å². The molecule has 0 amide bonds. The maximum atomic E-state index is 13.7. The Morgan fingerprint density at radius 3 is 2.74 bits per heavy atom. The Hall–Kier alpha value is -1.54. The minimum atomic E-state index is -4.03. The van der Waals surface area contributed by atoms with Gasteiger partial charge in [-0.3, -0.25) is 9.55 Å². The molecule has 0 aliphatic carbocycles. The molecule has 2 aromatic heterocycles. The zero-order valence-electron chi connectivity index (χ0n) is 9.92. The van der Waals surface area contributed by atoms with E-state index >= 15 is 0 Å². The number of nitrogens with zero attached hydrogens (tertiary/aromatic N) is 4. The summed E-state index contributed by atoms with van der Waals surface area (Å²) < 4.78 is 37.7. The Labute approximate surface area is 113 Å². The zero-order valence-corrected chi connectivity index (χ0v) is 11.5. The molecule has 0 unspecified atom stereocenters. The molecule has 0 aliphatic heterocycles. The molecular weight excluding hydrogens is 295 g/mol. The lowest BCUT2D eigenvalue weighted by Gasteiger charge is -2.07. The smallest absolute Gasteiger partial charge is 0.296 e. The highest BCUT2D eigenvalue weighted by Gasteiger charge is 2.24. The first kappa shape index (κ1) is 13.9. The second-order valence-electron chi connectivity index (χ2n) is 3.75. The molecule has 0 atom stereocenters. The second kappa shape index (κ2) is 5.22. The van der Waals surface area contributed by atoms with Crippen LogP contribution in [0.1, 0.15) is 13.3 Å². The monoisotopic (exact) mass is 304 g/mol. The third-order valence-corrected chi connectivity index (χ3v) is 3.55. The Bertz CT molecular complexity index is 701. The minimum absolute atomic E-state index is 0.112. The van der Waals surface area contributed by atoms with Crippen molar-refractivity contribution in [3.05, 3.63) is 24.3 Å². The van der Waals surface area contributed by atoms with Gasteiger partial charge in [-0.05, 0) is 12.5 Å². The number of hydrogen-bond donors (Lipinski definition) is 0. The van der Waals surface area contributed by atoms with Gasteiger partial charge in [0, 0.05) is 23.4 Å². The molecule has 2 rings (SSSR count). The van der Waals surface area contributed by atoms with Gasteiger partial charge in [0.1, 0.15) is 0 Å². The summed E-state index contributed by atoms with van der Waals surface area (Å²) in [4.78, 5) is 3.62. The van der Waals surface area contributed by atoms with Crippen molar-refractivity contribution in [2.45, 2.75) is 25.0 Å². The number of hydrogen-bond acceptors (Lipinski definition) is 5. The molecule has 0 saturated carbocycles. The van der Waals surface area contributed by atoms with Crippen LogP contribution in [-0.2, 0) is 15.6 Å². The number of aromatic nitrogens is 4. The lowest BCUT2D eigenvalue weighted by Crippen LogP contribution is -2.08. The molecule has 102 valence electrons. The standard InChI is InChI=1S/C10H10ClFN4O2S/c1-2-5-16-9(7-3-4-13-6-8(7)12)14-15-10(16)19(11,17)18/h3-4,6H,2,5H2,1H3. The third-order valence-electron chi connectivity index (χ3n) is 2.40. The number of halogens is 2. The van der Waals surface area contributed by atoms with Gasteiger partial charge in [-0.15, -0.1) is 10.2 Å². The first-order chi connectivity index (χ1) is 8.95. The summed E-state index contributed by atoms with van der Waals surface area (Å²) in [5, 5.41) is 6.86. The van der Waals surface area contributed by atoms with Gasteiger partial charge in [0.2, 0.25) is 0 Å². The molecule has 6 nitrogen and oxygen atoms in total. The number of rotatable bonds is 4. The van der Waals surface area contributed by atoms with E-state index in [2.05, 4.69) is 15.2 Å². The third kappa shape index (κ3) is 2.74. The Morgan fingerprint density at radius 2 is 2.16 bits per heavy atom. The van der Waals surface area contributed by atoms with Gasteiger partial charge in [0.25, 0.3) is 14.2 Å². The quantitative estimate of drug-likeness (QED) is 0.805. The normalized spacial score (nSPS) is 11.7. The average molecular weight is 305 g/mol. The van der Waals surface area contributed by atoms with Gasteiger partial charge in [0.05, 0.1) is 11.8 Å². The van der Waals surface area contributed by atoms with Crippen LogP contribution in [0.2, 0.25) is 0 Å². The summed E-state index contributed by atoms with van der Waals surface area (Å²) >= 11 is 0. The van der Waals surface area contributed by atoms with Gasteiger partial charge >= 0.3 is 0 Å². The van der Waals surface area contributed by atoms with Gasteiger partial charge in [-0.2, -0.15) is 0 Å². The molecule has 0 fully saturated rings. The Balaban J connectivity index is 2.66. The predicted molar refractivity (Wildman–Crippen MR) is 66.5 cm³/mol. The molecule has 19 heavy (non-hydrogen) atoms. The minimum Gasteiger partial charge on any atom is -0.297 e. The van der Waals surface area contributed by atoms with Crippen molar-refractivity contribution in [3.63, 3.8) is 0 Å². The van der Waals surface area contributed by atoms with Crippen LogP contribution in [0.15, 0.2) is 23.6 Å². The highest BCUT2D eigenvalue weighted by atomic mass is 35.7. The molecule has 2 heterocycles. The van der Waals surface area contributed by atoms with E-state index in [4.69, 9.17) is 10.7 Å². The van der Waals surface area contributed by atoms with E-state index < -0.39 is 14.9 Å². The molecule has 0 aliphatic rings. The summed E-state index contributed by atoms with van der Waals surface area (Å²) in [6.07, 6.45) is 3.03. The summed E-state index contributed by atoms with van der Waals surface area (Å²) in [5.74, 6) is -0.494. The molecule has 0 radical (unpaired) electrons. The molecule has 0 N–H and O–H groups in total. The zero-order chi connectivity index (χ0) is 14.0. The molecule has 0 aromatic carbocycles. The van der Waals surface area contributed by atoms with Crippen molar-refractivity contribution in [1.29, 1.82) is 0 Å². The molecular formula is C10H10ClFN4O2S. The lowest BCUT2D eigenvalue weighted by atomic mass is 10.2. The fraction of sp³-hybridized carbons (Fsp3) is 0.300. The van der Waals surface area contributed by atoms with Crippen LogP contribution in [0, 0.1) is 5.82 Å². The van der Waals surface area contributed by atoms with Crippen molar-refractivity contribution in [2.75, 3.05) is 0 Å². The molecule has 2 aromatic rings. The summed E-state index contributed by atoms with van der Waals surface area (Å²) in [5.41, 5.74) is 0.127. The first-order valence-corrected chi connectivity index (χ1v) is 7.73. The first-order valence-electron chi connectivity index (χ1n) is 5.43. The fourth-order valence-electron chi connectivity index (χ4n) is 1.65. The van der Waals surface area contributed by atoms with E-state index in [1.54, 1.807) is 0 Å². The molecule has 0 bridgehead atoms. The van der Waals surface area contributed by atoms with Crippen molar-refractivity contribution < 1.29 is 12.8 Å². The van der Waals surface area contributed by atoms with Crippen LogP contribution in [0.5, 0.6) is 0 Å². The van der Waals surface area contributed by atoms with Crippen LogP contribution in [-0.4, -0.2) is 28.2 Å². The van der Waals surface area contributed by atoms with Crippen LogP contribution < -0.4 is 0 Å². The highest BCUT2D eigenvalue weighted by Crippen LogP contribution is 2.24. The molecule has 9 heteroatoms. The van der Waals surface area contributed by atoms with Crippen LogP contribution >= 0.6 is 10.7 Å². The average Bonchev–Trinajstić information content (AvgIpc) is 2.74. The van der Waals surface area contributed by atoms with Crippen molar-refractivity contribution in [3.8, 4) is 11.4 Å². The van der Waals surface area contributed by atoms with Crippen LogP contribution in [0.25, 0.3) is 11.4 Å². The van der Waals surface area contributed by atoms with Gasteiger partial charge in [-0.25, -0.2) is 12.8 Å². The van der Waals surface area contributed by atoms with E-state index in [0.717, 1.165) is 6.20 Å². The SMILES string of the molecule is CCCn1c(-c2ccncc2F)nnc1S(=O)(=O)Cl. The maximum Gasteiger partial charge on any atom is 0.296 e. The second-order valence-corrected chi connectivity index (χ2v) is 6.21. The summed E-state index contributed by atoms with van der Waals surface area (Å²) in [6.45, 7) is 2.16. The topological polar surface area (TPSA) is 77.7 Å². The van der Waals surface area contributed by atoms with Crippen LogP contribution in [0.4, 0.5) is 4.39 Å². The van der Waals surface area contributed by atoms with Crippen LogP contribution in [0.3, 0.4) is 0 Å². The molecule has 0 saturated heterocycles. The van der Waals surface area contributed by atoms with Gasteiger partial charge in [0.15, 0.2) is 11.6 Å². The van der Waals surface area contributed by atoms with E-state index in [-0.39, 0.29) is 16.5 Å². The number of pyridine rings is 1. The maximum absolute atomic E-state index is 13.7. The van der Waals surface area contributed by atoms with Gasteiger partial charge < -0.3 is 0 Å². The fourth-order valence-corrected chi connectivity index (χ4v) is 2.57. The summed E-state index contributed by atoms with van der Waals surface area (Å²) in [6, 6.07) is 1.40.